The fraction of sp³-hybridized carbons (Fsp3) is 0.780. The summed E-state index contributed by atoms with van der Waals surface area (Å²) in [6.45, 7) is 4.55. The molecule has 0 saturated carbocycles. The van der Waals surface area contributed by atoms with Gasteiger partial charge in [-0.2, -0.15) is 0 Å². The number of esters is 2. The molecule has 336 valence electrons. The fourth-order valence-electron chi connectivity index (χ4n) is 6.83. The number of allylic oxidation sites excluding steroid dienone is 8. The molecule has 0 aromatic heterocycles. The van der Waals surface area contributed by atoms with Gasteiger partial charge in [-0.3, -0.25) is 9.59 Å². The van der Waals surface area contributed by atoms with Crippen molar-refractivity contribution in [2.24, 2.45) is 0 Å². The van der Waals surface area contributed by atoms with E-state index in [0.717, 1.165) is 77.0 Å². The summed E-state index contributed by atoms with van der Waals surface area (Å²) in [6, 6.07) is -0.727. The Balaban J connectivity index is 4.31. The first kappa shape index (κ1) is 55.3. The molecule has 8 nitrogen and oxygen atoms in total. The molecule has 0 aromatic rings. The Morgan fingerprint density at radius 1 is 0.534 bits per heavy atom. The third kappa shape index (κ3) is 38.8. The molecule has 0 amide bonds. The van der Waals surface area contributed by atoms with Crippen LogP contribution in [0, 0.1) is 0 Å². The number of hydrogen-bond donors (Lipinski definition) is 0. The van der Waals surface area contributed by atoms with Crippen molar-refractivity contribution in [3.05, 3.63) is 48.6 Å². The van der Waals surface area contributed by atoms with Gasteiger partial charge in [0.15, 0.2) is 6.10 Å². The van der Waals surface area contributed by atoms with Gasteiger partial charge in [0, 0.05) is 19.3 Å². The second-order valence-corrected chi connectivity index (χ2v) is 17.0. The van der Waals surface area contributed by atoms with Gasteiger partial charge in [0.2, 0.25) is 0 Å². The van der Waals surface area contributed by atoms with Crippen molar-refractivity contribution >= 4 is 17.9 Å². The van der Waals surface area contributed by atoms with Crippen molar-refractivity contribution in [3.8, 4) is 0 Å². The van der Waals surface area contributed by atoms with Crippen LogP contribution in [0.15, 0.2) is 48.6 Å². The normalized spacial score (nSPS) is 13.3. The highest BCUT2D eigenvalue weighted by molar-refractivity contribution is 5.70. The maximum Gasteiger partial charge on any atom is 0.306 e. The standard InChI is InChI=1S/C50H89NO7/c1-6-8-10-12-14-16-18-20-22-23-24-25-26-27-29-31-33-35-37-39-41-49(53)58-46(44-56-43-42-47(50(54)55)51(3,4)5)45-57-48(52)40-38-36-34-32-30-28-21-19-17-15-13-11-9-7-2/h8,10,14,16,20,22,24-25,46-47H,6-7,9,11-13,15,17-19,21,23,26-45H2,1-5H3/b10-8+,16-14+,22-20+,25-24+. The number of rotatable bonds is 42. The molecule has 0 heterocycles. The van der Waals surface area contributed by atoms with E-state index in [1.54, 1.807) is 21.1 Å². The second-order valence-electron chi connectivity index (χ2n) is 17.0. The van der Waals surface area contributed by atoms with Gasteiger partial charge < -0.3 is 28.6 Å². The van der Waals surface area contributed by atoms with Crippen molar-refractivity contribution in [2.45, 2.75) is 212 Å². The predicted octanol–water partition coefficient (Wildman–Crippen LogP) is 11.9. The summed E-state index contributed by atoms with van der Waals surface area (Å²) in [6.07, 6.45) is 48.4. The molecule has 58 heavy (non-hydrogen) atoms. The van der Waals surface area contributed by atoms with Crippen molar-refractivity contribution in [1.82, 2.24) is 0 Å². The molecule has 0 N–H and O–H groups in total. The summed E-state index contributed by atoms with van der Waals surface area (Å²) in [5.41, 5.74) is 0. The number of likely N-dealkylation sites (N-methyl/N-ethyl adjacent to an activating group) is 1. The number of unbranched alkanes of at least 4 members (excludes halogenated alkanes) is 20. The minimum absolute atomic E-state index is 0.0374. The lowest BCUT2D eigenvalue weighted by molar-refractivity contribution is -0.889. The molecule has 0 spiro atoms. The maximum atomic E-state index is 12.7. The molecule has 0 aromatic carbocycles. The van der Waals surface area contributed by atoms with E-state index in [1.165, 1.54) is 89.9 Å². The number of carbonyl (C=O) groups excluding carboxylic acids is 3. The Labute approximate surface area is 356 Å². The number of nitrogens with zero attached hydrogens (tertiary/aromatic N) is 1. The van der Waals surface area contributed by atoms with Crippen LogP contribution in [0.25, 0.3) is 0 Å². The molecule has 0 bridgehead atoms. The van der Waals surface area contributed by atoms with Gasteiger partial charge in [0.1, 0.15) is 12.6 Å². The van der Waals surface area contributed by atoms with Gasteiger partial charge in [0.05, 0.1) is 40.3 Å². The zero-order valence-electron chi connectivity index (χ0n) is 38.2. The predicted molar refractivity (Wildman–Crippen MR) is 240 cm³/mol. The number of aliphatic carboxylic acids is 1. The Bertz CT molecular complexity index is 1090. The summed E-state index contributed by atoms with van der Waals surface area (Å²) in [4.78, 5) is 36.9. The summed E-state index contributed by atoms with van der Waals surface area (Å²) in [5, 5.41) is 11.6. The Morgan fingerprint density at radius 2 is 0.966 bits per heavy atom. The molecular weight excluding hydrogens is 727 g/mol. The number of ether oxygens (including phenoxy) is 3. The largest absolute Gasteiger partial charge is 0.544 e. The molecule has 0 radical (unpaired) electrons. The van der Waals surface area contributed by atoms with Crippen LogP contribution in [0.3, 0.4) is 0 Å². The smallest absolute Gasteiger partial charge is 0.306 e. The van der Waals surface area contributed by atoms with Crippen LogP contribution >= 0.6 is 0 Å². The SMILES string of the molecule is CC/C=C/C/C=C/C/C=C/C/C=C/CCCCCCCCCC(=O)OC(COCCC(C(=O)[O-])[N+](C)(C)C)COC(=O)CCCCCCCCCCCCCCCC. The topological polar surface area (TPSA) is 102 Å². The van der Waals surface area contributed by atoms with E-state index >= 15 is 0 Å². The van der Waals surface area contributed by atoms with Gasteiger partial charge in [-0.1, -0.05) is 178 Å². The van der Waals surface area contributed by atoms with E-state index in [4.69, 9.17) is 14.2 Å². The molecule has 0 saturated heterocycles. The van der Waals surface area contributed by atoms with Crippen LogP contribution in [0.4, 0.5) is 0 Å². The minimum atomic E-state index is -1.13. The maximum absolute atomic E-state index is 12.7. The Morgan fingerprint density at radius 3 is 1.43 bits per heavy atom. The summed E-state index contributed by atoms with van der Waals surface area (Å²) < 4.78 is 17.2. The van der Waals surface area contributed by atoms with E-state index in [-0.39, 0.29) is 42.7 Å². The van der Waals surface area contributed by atoms with E-state index in [9.17, 15) is 19.5 Å². The zero-order valence-corrected chi connectivity index (χ0v) is 38.2. The highest BCUT2D eigenvalue weighted by Crippen LogP contribution is 2.15. The molecule has 0 aliphatic carbocycles. The van der Waals surface area contributed by atoms with Crippen molar-refractivity contribution in [1.29, 1.82) is 0 Å². The molecule has 8 heteroatoms. The number of carbonyl (C=O) groups is 3. The molecule has 0 rings (SSSR count). The van der Waals surface area contributed by atoms with Crippen LogP contribution in [0.5, 0.6) is 0 Å². The summed E-state index contributed by atoms with van der Waals surface area (Å²) in [7, 11) is 5.41. The van der Waals surface area contributed by atoms with Crippen LogP contribution in [-0.4, -0.2) is 75.5 Å². The summed E-state index contributed by atoms with van der Waals surface area (Å²) >= 11 is 0. The van der Waals surface area contributed by atoms with Gasteiger partial charge >= 0.3 is 11.9 Å². The zero-order chi connectivity index (χ0) is 42.8. The van der Waals surface area contributed by atoms with Crippen LogP contribution in [0.2, 0.25) is 0 Å². The molecule has 0 aliphatic rings. The molecule has 0 fully saturated rings. The van der Waals surface area contributed by atoms with Crippen LogP contribution < -0.4 is 5.11 Å². The average molecular weight is 816 g/mol. The van der Waals surface area contributed by atoms with E-state index in [2.05, 4.69) is 62.5 Å². The van der Waals surface area contributed by atoms with E-state index in [0.29, 0.717) is 12.8 Å². The fourth-order valence-corrected chi connectivity index (χ4v) is 6.83. The van der Waals surface area contributed by atoms with Gasteiger partial charge in [-0.05, 0) is 51.4 Å². The second kappa shape index (κ2) is 41.0. The third-order valence-electron chi connectivity index (χ3n) is 10.5. The third-order valence-corrected chi connectivity index (χ3v) is 10.5. The van der Waals surface area contributed by atoms with Gasteiger partial charge in [-0.25, -0.2) is 0 Å². The Kier molecular flexibility index (Phi) is 39.1. The Hall–Kier alpha value is -2.71. The lowest BCUT2D eigenvalue weighted by Gasteiger charge is -2.34. The first-order valence-electron chi connectivity index (χ1n) is 23.7. The average Bonchev–Trinajstić information content (AvgIpc) is 3.18. The minimum Gasteiger partial charge on any atom is -0.544 e. The van der Waals surface area contributed by atoms with Crippen LogP contribution in [-0.2, 0) is 28.6 Å². The number of quaternary nitrogens is 1. The number of carboxylic acid groups (broad SMARTS) is 1. The van der Waals surface area contributed by atoms with Gasteiger partial charge in [-0.15, -0.1) is 0 Å². The molecule has 2 atom stereocenters. The molecular formula is C50H89NO7. The van der Waals surface area contributed by atoms with E-state index < -0.39 is 18.1 Å². The molecule has 2 unspecified atom stereocenters. The van der Waals surface area contributed by atoms with Crippen molar-refractivity contribution in [2.75, 3.05) is 41.0 Å². The number of carboxylic acids is 1. The lowest BCUT2D eigenvalue weighted by atomic mass is 10.0. The first-order valence-corrected chi connectivity index (χ1v) is 23.7. The highest BCUT2D eigenvalue weighted by Gasteiger charge is 2.25. The monoisotopic (exact) mass is 816 g/mol. The number of hydrogen-bond acceptors (Lipinski definition) is 7. The quantitative estimate of drug-likeness (QED) is 0.0262. The first-order chi connectivity index (χ1) is 28.1. The summed E-state index contributed by atoms with van der Waals surface area (Å²) in [5.74, 6) is -1.74. The lowest BCUT2D eigenvalue weighted by Crippen LogP contribution is -2.55. The van der Waals surface area contributed by atoms with Crippen molar-refractivity contribution < 1.29 is 38.2 Å². The van der Waals surface area contributed by atoms with E-state index in [1.807, 2.05) is 0 Å². The molecule has 0 aliphatic heterocycles. The van der Waals surface area contributed by atoms with Gasteiger partial charge in [0.25, 0.3) is 0 Å². The van der Waals surface area contributed by atoms with Crippen molar-refractivity contribution in [3.63, 3.8) is 0 Å². The van der Waals surface area contributed by atoms with Crippen LogP contribution in [0.1, 0.15) is 200 Å². The highest BCUT2D eigenvalue weighted by atomic mass is 16.6.